The number of carbonyl (C=O) groups excluding carboxylic acids is 1. The normalized spacial score (nSPS) is 12.6. The number of aromatic nitrogens is 2. The third-order valence-electron chi connectivity index (χ3n) is 5.33. The van der Waals surface area contributed by atoms with Crippen LogP contribution in [0.3, 0.4) is 0 Å². The number of anilines is 1. The molecule has 0 radical (unpaired) electrons. The largest absolute Gasteiger partial charge is 0.483 e. The minimum absolute atomic E-state index is 0.0130. The highest BCUT2D eigenvalue weighted by Crippen LogP contribution is 2.32. The van der Waals surface area contributed by atoms with E-state index in [0.29, 0.717) is 25.4 Å². The fraction of sp³-hybridized carbons (Fsp3) is 0.333. The molecule has 0 saturated carbocycles. The number of nitrogens with zero attached hydrogens (tertiary/aromatic N) is 2. The molecule has 0 fully saturated rings. The Labute approximate surface area is 176 Å². The van der Waals surface area contributed by atoms with Crippen LogP contribution < -0.4 is 10.1 Å². The van der Waals surface area contributed by atoms with Gasteiger partial charge in [0.2, 0.25) is 0 Å². The predicted molar refractivity (Wildman–Crippen MR) is 116 cm³/mol. The molecule has 1 heterocycles. The molecule has 0 bridgehead atoms. The lowest BCUT2D eigenvalue weighted by Crippen LogP contribution is -2.20. The minimum Gasteiger partial charge on any atom is -0.483 e. The van der Waals surface area contributed by atoms with Crippen LogP contribution in [0, 0.1) is 6.92 Å². The number of benzene rings is 2. The second kappa shape index (κ2) is 9.59. The highest BCUT2D eigenvalue weighted by atomic mass is 16.5. The first-order chi connectivity index (χ1) is 14.7. The minimum atomic E-state index is -0.192. The lowest BCUT2D eigenvalue weighted by Gasteiger charge is -2.12. The fourth-order valence-electron chi connectivity index (χ4n) is 3.80. The summed E-state index contributed by atoms with van der Waals surface area (Å²) in [4.78, 5) is 12.3. The second-order valence-electron chi connectivity index (χ2n) is 7.56. The third-order valence-corrected chi connectivity index (χ3v) is 5.33. The molecule has 6 nitrogen and oxygen atoms in total. The fourth-order valence-corrected chi connectivity index (χ4v) is 3.80. The molecular weight excluding hydrogens is 378 g/mol. The second-order valence-corrected chi connectivity index (χ2v) is 7.56. The standard InChI is InChI=1S/C24H27N3O3/c1-18-10-11-23(22-9-5-8-21(18)22)30-17-24(28)26-20-14-25-27(15-20)12-13-29-16-19-6-3-2-4-7-19/h2-4,6-7,10-11,14-15H,5,8-9,12-13,16-17H2,1H3,(H,26,28). The van der Waals surface area contributed by atoms with Crippen molar-refractivity contribution >= 4 is 11.6 Å². The zero-order valence-electron chi connectivity index (χ0n) is 17.3. The highest BCUT2D eigenvalue weighted by molar-refractivity contribution is 5.91. The van der Waals surface area contributed by atoms with Gasteiger partial charge in [-0.3, -0.25) is 9.48 Å². The molecule has 3 aromatic rings. The van der Waals surface area contributed by atoms with E-state index in [9.17, 15) is 4.79 Å². The summed E-state index contributed by atoms with van der Waals surface area (Å²) in [5, 5.41) is 7.11. The molecule has 1 aromatic heterocycles. The molecule has 1 aliphatic carbocycles. The Morgan fingerprint density at radius 2 is 1.97 bits per heavy atom. The number of rotatable bonds is 9. The van der Waals surface area contributed by atoms with Crippen molar-refractivity contribution in [1.82, 2.24) is 9.78 Å². The zero-order chi connectivity index (χ0) is 20.8. The lowest BCUT2D eigenvalue weighted by atomic mass is 10.0. The van der Waals surface area contributed by atoms with E-state index in [1.807, 2.05) is 36.4 Å². The quantitative estimate of drug-likeness (QED) is 0.548. The molecule has 1 N–H and O–H groups in total. The van der Waals surface area contributed by atoms with Crippen molar-refractivity contribution in [2.75, 3.05) is 18.5 Å². The number of carbonyl (C=O) groups is 1. The maximum Gasteiger partial charge on any atom is 0.262 e. The van der Waals surface area contributed by atoms with E-state index in [1.54, 1.807) is 17.1 Å². The summed E-state index contributed by atoms with van der Waals surface area (Å²) in [6.07, 6.45) is 6.70. The van der Waals surface area contributed by atoms with E-state index in [1.165, 1.54) is 16.7 Å². The number of ether oxygens (including phenoxy) is 2. The molecule has 0 aliphatic heterocycles. The van der Waals surface area contributed by atoms with Gasteiger partial charge in [0.25, 0.3) is 5.91 Å². The van der Waals surface area contributed by atoms with Crippen molar-refractivity contribution in [3.63, 3.8) is 0 Å². The summed E-state index contributed by atoms with van der Waals surface area (Å²) >= 11 is 0. The van der Waals surface area contributed by atoms with Gasteiger partial charge >= 0.3 is 0 Å². The molecule has 156 valence electrons. The molecule has 1 amide bonds. The summed E-state index contributed by atoms with van der Waals surface area (Å²) in [6, 6.07) is 14.1. The molecule has 0 atom stereocenters. The Kier molecular flexibility index (Phi) is 6.44. The van der Waals surface area contributed by atoms with Gasteiger partial charge in [-0.05, 0) is 54.5 Å². The molecular formula is C24H27N3O3. The Balaban J connectivity index is 1.21. The summed E-state index contributed by atoms with van der Waals surface area (Å²) in [5.41, 5.74) is 5.74. The van der Waals surface area contributed by atoms with Gasteiger partial charge < -0.3 is 14.8 Å². The van der Waals surface area contributed by atoms with E-state index in [-0.39, 0.29) is 12.5 Å². The van der Waals surface area contributed by atoms with Gasteiger partial charge in [0.05, 0.1) is 31.6 Å². The number of amides is 1. The van der Waals surface area contributed by atoms with Crippen LogP contribution in [0.2, 0.25) is 0 Å². The van der Waals surface area contributed by atoms with Crippen molar-refractivity contribution in [3.8, 4) is 5.75 Å². The Morgan fingerprint density at radius 3 is 2.83 bits per heavy atom. The van der Waals surface area contributed by atoms with Gasteiger partial charge in [0, 0.05) is 6.20 Å². The maximum atomic E-state index is 12.3. The molecule has 30 heavy (non-hydrogen) atoms. The number of fused-ring (bicyclic) bond motifs is 1. The van der Waals surface area contributed by atoms with Crippen LogP contribution in [0.25, 0.3) is 0 Å². The molecule has 1 aliphatic rings. The smallest absolute Gasteiger partial charge is 0.262 e. The summed E-state index contributed by atoms with van der Waals surface area (Å²) in [6.45, 7) is 3.86. The van der Waals surface area contributed by atoms with Crippen LogP contribution in [0.5, 0.6) is 5.75 Å². The number of nitrogens with one attached hydrogen (secondary N) is 1. The van der Waals surface area contributed by atoms with Crippen molar-refractivity contribution in [2.45, 2.75) is 39.3 Å². The number of hydrogen-bond acceptors (Lipinski definition) is 4. The highest BCUT2D eigenvalue weighted by Gasteiger charge is 2.18. The predicted octanol–water partition coefficient (Wildman–Crippen LogP) is 3.91. The Bertz CT molecular complexity index is 998. The first-order valence-corrected chi connectivity index (χ1v) is 10.4. The molecule has 2 aromatic carbocycles. The zero-order valence-corrected chi connectivity index (χ0v) is 17.3. The van der Waals surface area contributed by atoms with Gasteiger partial charge in [-0.2, -0.15) is 5.10 Å². The number of hydrogen-bond donors (Lipinski definition) is 1. The van der Waals surface area contributed by atoms with Gasteiger partial charge in [0.15, 0.2) is 6.61 Å². The molecule has 4 rings (SSSR count). The molecule has 0 unspecified atom stereocenters. The van der Waals surface area contributed by atoms with Crippen molar-refractivity contribution in [2.24, 2.45) is 0 Å². The summed E-state index contributed by atoms with van der Waals surface area (Å²) in [7, 11) is 0. The number of aryl methyl sites for hydroxylation is 1. The molecule has 0 spiro atoms. The van der Waals surface area contributed by atoms with Crippen LogP contribution in [-0.4, -0.2) is 28.9 Å². The van der Waals surface area contributed by atoms with Crippen LogP contribution >= 0.6 is 0 Å². The monoisotopic (exact) mass is 405 g/mol. The van der Waals surface area contributed by atoms with Gasteiger partial charge in [-0.1, -0.05) is 36.4 Å². The molecule has 0 saturated heterocycles. The van der Waals surface area contributed by atoms with E-state index < -0.39 is 0 Å². The average Bonchev–Trinajstić information content (AvgIpc) is 3.42. The van der Waals surface area contributed by atoms with Gasteiger partial charge in [-0.25, -0.2) is 0 Å². The maximum absolute atomic E-state index is 12.3. The Hall–Kier alpha value is -3.12. The SMILES string of the molecule is Cc1ccc(OCC(=O)Nc2cnn(CCOCc3ccccc3)c2)c2c1CCC2. The van der Waals surface area contributed by atoms with Gasteiger partial charge in [-0.15, -0.1) is 0 Å². The third kappa shape index (κ3) is 5.07. The first kappa shape index (κ1) is 20.2. The van der Waals surface area contributed by atoms with E-state index in [2.05, 4.69) is 23.4 Å². The van der Waals surface area contributed by atoms with E-state index in [0.717, 1.165) is 30.6 Å². The van der Waals surface area contributed by atoms with E-state index >= 15 is 0 Å². The van der Waals surface area contributed by atoms with Crippen molar-refractivity contribution < 1.29 is 14.3 Å². The van der Waals surface area contributed by atoms with Crippen LogP contribution in [0.15, 0.2) is 54.9 Å². The van der Waals surface area contributed by atoms with Crippen LogP contribution in [-0.2, 0) is 35.5 Å². The molecule has 6 heteroatoms. The topological polar surface area (TPSA) is 65.4 Å². The average molecular weight is 405 g/mol. The van der Waals surface area contributed by atoms with Crippen LogP contribution in [0.4, 0.5) is 5.69 Å². The van der Waals surface area contributed by atoms with Crippen molar-refractivity contribution in [3.05, 3.63) is 77.1 Å². The van der Waals surface area contributed by atoms with Gasteiger partial charge in [0.1, 0.15) is 5.75 Å². The summed E-state index contributed by atoms with van der Waals surface area (Å²) < 4.78 is 13.2. The lowest BCUT2D eigenvalue weighted by molar-refractivity contribution is -0.118. The Morgan fingerprint density at radius 1 is 1.13 bits per heavy atom. The summed E-state index contributed by atoms with van der Waals surface area (Å²) in [5.74, 6) is 0.636. The van der Waals surface area contributed by atoms with E-state index in [4.69, 9.17) is 9.47 Å². The first-order valence-electron chi connectivity index (χ1n) is 10.4. The van der Waals surface area contributed by atoms with Crippen molar-refractivity contribution in [1.29, 1.82) is 0 Å². The van der Waals surface area contributed by atoms with Crippen LogP contribution in [0.1, 0.15) is 28.7 Å².